The molecule has 0 bridgehead atoms. The van der Waals surface area contributed by atoms with Crippen LogP contribution >= 0.6 is 0 Å². The average Bonchev–Trinajstić information content (AvgIpc) is 4.01. The van der Waals surface area contributed by atoms with E-state index in [-0.39, 0.29) is 0 Å². The molecule has 0 spiro atoms. The summed E-state index contributed by atoms with van der Waals surface area (Å²) in [5.41, 5.74) is 12.3. The van der Waals surface area contributed by atoms with Crippen molar-refractivity contribution in [3.8, 4) is 29.2 Å². The van der Waals surface area contributed by atoms with Gasteiger partial charge in [-0.3, -0.25) is 0 Å². The SMILES string of the molecule is N#Cc1cc(-n2c3ccccc3c3c4ccccc4ccc32)c(C#N)cc1-n1c2ccc(N(c3ccccc3)c3ccccc3)cc2c2cc3c4ccccc4n(-c4ccccc4)c3cc21. The molecule has 0 atom stereocenters. The molecule has 0 radical (unpaired) electrons. The Morgan fingerprint density at radius 2 is 0.803 bits per heavy atom. The maximum Gasteiger partial charge on any atom is 0.101 e. The Bertz CT molecular complexity index is 4140. The molecule has 13 rings (SSSR count). The minimum absolute atomic E-state index is 0.456. The molecule has 0 unspecified atom stereocenters. The first-order valence-corrected chi connectivity index (χ1v) is 22.1. The zero-order valence-corrected chi connectivity index (χ0v) is 35.5. The summed E-state index contributed by atoms with van der Waals surface area (Å²) in [6.45, 7) is 0. The van der Waals surface area contributed by atoms with Crippen molar-refractivity contribution < 1.29 is 0 Å². The quantitative estimate of drug-likeness (QED) is 0.167. The first kappa shape index (κ1) is 37.2. The summed E-state index contributed by atoms with van der Waals surface area (Å²) in [5, 5.41) is 31.3. The second kappa shape index (κ2) is 14.6. The van der Waals surface area contributed by atoms with Crippen LogP contribution in [0.4, 0.5) is 17.1 Å². The summed E-state index contributed by atoms with van der Waals surface area (Å²) in [4.78, 5) is 2.28. The number of aromatic nitrogens is 3. The lowest BCUT2D eigenvalue weighted by molar-refractivity contribution is 1.12. The van der Waals surface area contributed by atoms with E-state index in [1.54, 1.807) is 0 Å². The minimum Gasteiger partial charge on any atom is -0.310 e. The molecule has 0 N–H and O–H groups in total. The van der Waals surface area contributed by atoms with Crippen molar-refractivity contribution in [3.05, 3.63) is 230 Å². The monoisotopic (exact) mass is 840 g/mol. The molecule has 6 heteroatoms. The highest BCUT2D eigenvalue weighted by Gasteiger charge is 2.24. The molecular weight excluding hydrogens is 805 g/mol. The molecule has 10 aromatic carbocycles. The van der Waals surface area contributed by atoms with Crippen LogP contribution in [0.3, 0.4) is 0 Å². The third-order valence-corrected chi connectivity index (χ3v) is 13.2. The van der Waals surface area contributed by atoms with Crippen LogP contribution < -0.4 is 4.90 Å². The van der Waals surface area contributed by atoms with Gasteiger partial charge in [0.2, 0.25) is 0 Å². The molecule has 0 aliphatic heterocycles. The molecule has 3 heterocycles. The Morgan fingerprint density at radius 3 is 1.47 bits per heavy atom. The lowest BCUT2D eigenvalue weighted by Crippen LogP contribution is -2.09. The van der Waals surface area contributed by atoms with E-state index < -0.39 is 0 Å². The van der Waals surface area contributed by atoms with Crippen LogP contribution in [0.15, 0.2) is 218 Å². The van der Waals surface area contributed by atoms with E-state index in [0.717, 1.165) is 98.9 Å². The summed E-state index contributed by atoms with van der Waals surface area (Å²) in [6, 6.07) is 81.1. The van der Waals surface area contributed by atoms with E-state index in [1.165, 1.54) is 0 Å². The number of anilines is 3. The fourth-order valence-electron chi connectivity index (χ4n) is 10.4. The van der Waals surface area contributed by atoms with Crippen LogP contribution in [-0.2, 0) is 0 Å². The zero-order valence-electron chi connectivity index (χ0n) is 35.5. The third kappa shape index (κ3) is 5.46. The van der Waals surface area contributed by atoms with Crippen molar-refractivity contribution in [1.29, 1.82) is 10.5 Å². The van der Waals surface area contributed by atoms with Crippen LogP contribution in [0, 0.1) is 22.7 Å². The van der Waals surface area contributed by atoms with E-state index in [1.807, 2.05) is 36.4 Å². The molecule has 0 aliphatic carbocycles. The van der Waals surface area contributed by atoms with Gasteiger partial charge in [0.1, 0.15) is 12.1 Å². The normalized spacial score (nSPS) is 11.6. The summed E-state index contributed by atoms with van der Waals surface area (Å²) >= 11 is 0. The smallest absolute Gasteiger partial charge is 0.101 e. The van der Waals surface area contributed by atoms with Gasteiger partial charge in [-0.1, -0.05) is 121 Å². The average molecular weight is 841 g/mol. The Kier molecular flexibility index (Phi) is 8.24. The summed E-state index contributed by atoms with van der Waals surface area (Å²) in [6.07, 6.45) is 0. The Balaban J connectivity index is 1.13. The summed E-state index contributed by atoms with van der Waals surface area (Å²) in [5.74, 6) is 0. The molecule has 0 aliphatic rings. The highest BCUT2D eigenvalue weighted by molar-refractivity contribution is 6.22. The van der Waals surface area contributed by atoms with Gasteiger partial charge >= 0.3 is 0 Å². The third-order valence-electron chi connectivity index (χ3n) is 13.2. The van der Waals surface area contributed by atoms with Crippen LogP contribution in [0.1, 0.15) is 11.1 Å². The minimum atomic E-state index is 0.456. The topological polar surface area (TPSA) is 65.6 Å². The van der Waals surface area contributed by atoms with Gasteiger partial charge in [0.15, 0.2) is 0 Å². The number of rotatable bonds is 6. The van der Waals surface area contributed by atoms with Crippen LogP contribution in [0.25, 0.3) is 93.3 Å². The van der Waals surface area contributed by atoms with Crippen molar-refractivity contribution in [3.63, 3.8) is 0 Å². The Morgan fingerprint density at radius 1 is 0.318 bits per heavy atom. The van der Waals surface area contributed by atoms with Crippen molar-refractivity contribution in [2.45, 2.75) is 0 Å². The van der Waals surface area contributed by atoms with E-state index in [2.05, 4.69) is 213 Å². The first-order chi connectivity index (χ1) is 32.7. The number of nitrogens with zero attached hydrogens (tertiary/aromatic N) is 6. The van der Waals surface area contributed by atoms with Crippen LogP contribution in [0.5, 0.6) is 0 Å². The van der Waals surface area contributed by atoms with Gasteiger partial charge in [0.25, 0.3) is 0 Å². The number of fused-ring (bicyclic) bond motifs is 11. The second-order valence-electron chi connectivity index (χ2n) is 16.8. The molecule has 0 saturated carbocycles. The highest BCUT2D eigenvalue weighted by atomic mass is 15.1. The second-order valence-corrected chi connectivity index (χ2v) is 16.8. The maximum absolute atomic E-state index is 11.3. The lowest BCUT2D eigenvalue weighted by atomic mass is 10.0. The fourth-order valence-corrected chi connectivity index (χ4v) is 10.4. The van der Waals surface area contributed by atoms with E-state index in [0.29, 0.717) is 22.5 Å². The number of hydrogen-bond donors (Lipinski definition) is 0. The molecule has 66 heavy (non-hydrogen) atoms. The van der Waals surface area contributed by atoms with Gasteiger partial charge < -0.3 is 18.6 Å². The van der Waals surface area contributed by atoms with Gasteiger partial charge in [-0.15, -0.1) is 0 Å². The number of benzene rings is 10. The largest absolute Gasteiger partial charge is 0.310 e. The lowest BCUT2D eigenvalue weighted by Gasteiger charge is -2.25. The van der Waals surface area contributed by atoms with Gasteiger partial charge in [0, 0.05) is 55.1 Å². The highest BCUT2D eigenvalue weighted by Crippen LogP contribution is 2.44. The molecule has 6 nitrogen and oxygen atoms in total. The van der Waals surface area contributed by atoms with E-state index in [4.69, 9.17) is 0 Å². The predicted octanol–water partition coefficient (Wildman–Crippen LogP) is 15.3. The van der Waals surface area contributed by atoms with Gasteiger partial charge in [-0.05, 0) is 108 Å². The summed E-state index contributed by atoms with van der Waals surface area (Å²) < 4.78 is 6.67. The first-order valence-electron chi connectivity index (χ1n) is 22.1. The Hall–Kier alpha value is -9.36. The number of nitriles is 2. The van der Waals surface area contributed by atoms with Crippen LogP contribution in [-0.4, -0.2) is 13.7 Å². The van der Waals surface area contributed by atoms with E-state index >= 15 is 0 Å². The van der Waals surface area contributed by atoms with Crippen molar-refractivity contribution in [1.82, 2.24) is 13.7 Å². The van der Waals surface area contributed by atoms with E-state index in [9.17, 15) is 10.5 Å². The van der Waals surface area contributed by atoms with Crippen molar-refractivity contribution in [2.75, 3.05) is 4.90 Å². The molecule has 0 fully saturated rings. The predicted molar refractivity (Wildman–Crippen MR) is 271 cm³/mol. The van der Waals surface area contributed by atoms with Gasteiger partial charge in [0.05, 0.1) is 55.6 Å². The maximum atomic E-state index is 11.3. The fraction of sp³-hybridized carbons (Fsp3) is 0. The van der Waals surface area contributed by atoms with Gasteiger partial charge in [-0.25, -0.2) is 0 Å². The van der Waals surface area contributed by atoms with Crippen molar-refractivity contribution in [2.24, 2.45) is 0 Å². The molecule has 306 valence electrons. The Labute approximate surface area is 379 Å². The molecule has 3 aromatic heterocycles. The standard InChI is InChI=1S/C60H36N6/c61-37-40-33-57(41(38-62)32-56(40)65-53-27-15-13-25-48(53)60-46-23-11-10-16-39(46)28-30-55(60)65)66-54-31-29-45(63(42-17-4-1-5-18-42)43-19-6-2-7-20-43)34-49(54)51-35-50-47-24-12-14-26-52(47)64(58(50)36-59(51)66)44-21-8-3-9-22-44/h1-36H. The van der Waals surface area contributed by atoms with Gasteiger partial charge in [-0.2, -0.15) is 10.5 Å². The van der Waals surface area contributed by atoms with Crippen LogP contribution in [0.2, 0.25) is 0 Å². The molecule has 0 amide bonds. The molecular formula is C60H36N6. The number of para-hydroxylation sites is 5. The van der Waals surface area contributed by atoms with Crippen molar-refractivity contribution >= 4 is 93.3 Å². The molecule has 13 aromatic rings. The summed E-state index contributed by atoms with van der Waals surface area (Å²) in [7, 11) is 0. The molecule has 0 saturated heterocycles. The number of hydrogen-bond acceptors (Lipinski definition) is 3. The zero-order chi connectivity index (χ0) is 43.9.